The lowest BCUT2D eigenvalue weighted by Crippen LogP contribution is -2.62. The number of hydrogen-bond acceptors (Lipinski definition) is 3. The van der Waals surface area contributed by atoms with E-state index < -0.39 is 14.4 Å². The van der Waals surface area contributed by atoms with Gasteiger partial charge >= 0.3 is 0 Å². The standard InChI is InChI=1S/C28H48O3Si/c1-11-16-30-23-19(2)20(29)17-22-25(6)14-15-28(31-32(9,10)24(3,4)5)18-27(28,8)21(25)12-13-26(22,23)7/h11,20-23,29H,1-2,12-18H2,3-10H3/t20-,21+,22+,23+,25-,26+,27-,28+/m0/s1. The van der Waals surface area contributed by atoms with E-state index >= 15 is 0 Å². The summed E-state index contributed by atoms with van der Waals surface area (Å²) >= 11 is 0. The van der Waals surface area contributed by atoms with Crippen LogP contribution in [0.25, 0.3) is 0 Å². The number of rotatable bonds is 5. The molecule has 0 bridgehead atoms. The van der Waals surface area contributed by atoms with Crippen molar-refractivity contribution in [3.05, 3.63) is 24.8 Å². The van der Waals surface area contributed by atoms with Gasteiger partial charge in [-0.25, -0.2) is 0 Å². The maximum absolute atomic E-state index is 11.0. The second-order valence-electron chi connectivity index (χ2n) is 13.9. The van der Waals surface area contributed by atoms with Crippen LogP contribution in [0.4, 0.5) is 0 Å². The van der Waals surface area contributed by atoms with Crippen molar-refractivity contribution < 1.29 is 14.3 Å². The normalized spacial score (nSPS) is 48.5. The molecule has 0 aliphatic heterocycles. The van der Waals surface area contributed by atoms with Crippen molar-refractivity contribution in [3.63, 3.8) is 0 Å². The van der Waals surface area contributed by atoms with E-state index in [2.05, 4.69) is 67.8 Å². The molecular weight excluding hydrogens is 412 g/mol. The molecule has 3 nitrogen and oxygen atoms in total. The van der Waals surface area contributed by atoms with E-state index in [-0.39, 0.29) is 33.0 Å². The van der Waals surface area contributed by atoms with Crippen molar-refractivity contribution in [1.82, 2.24) is 0 Å². The van der Waals surface area contributed by atoms with Gasteiger partial charge in [-0.2, -0.15) is 0 Å². The van der Waals surface area contributed by atoms with Crippen molar-refractivity contribution in [2.45, 2.75) is 116 Å². The third-order valence-corrected chi connectivity index (χ3v) is 15.7. The fraction of sp³-hybridized carbons (Fsp3) is 0.857. The van der Waals surface area contributed by atoms with Gasteiger partial charge in [0, 0.05) is 10.8 Å². The molecule has 0 unspecified atom stereocenters. The molecule has 0 saturated heterocycles. The first kappa shape index (κ1) is 24.7. The van der Waals surface area contributed by atoms with E-state index in [1.54, 1.807) is 0 Å². The highest BCUT2D eigenvalue weighted by atomic mass is 28.4. The number of ether oxygens (including phenoxy) is 1. The van der Waals surface area contributed by atoms with Gasteiger partial charge in [-0.1, -0.05) is 54.2 Å². The van der Waals surface area contributed by atoms with E-state index in [1.165, 1.54) is 19.3 Å². The smallest absolute Gasteiger partial charge is 0.192 e. The largest absolute Gasteiger partial charge is 0.411 e. The Morgan fingerprint density at radius 2 is 1.75 bits per heavy atom. The van der Waals surface area contributed by atoms with Gasteiger partial charge in [-0.15, -0.1) is 6.58 Å². The average molecular weight is 461 g/mol. The molecular formula is C28H48O3Si. The molecule has 4 aliphatic rings. The molecule has 4 fully saturated rings. The van der Waals surface area contributed by atoms with Crippen molar-refractivity contribution in [2.24, 2.45) is 28.1 Å². The molecule has 0 heterocycles. The Labute approximate surface area is 198 Å². The summed E-state index contributed by atoms with van der Waals surface area (Å²) in [6, 6.07) is 0. The maximum Gasteiger partial charge on any atom is 0.192 e. The lowest BCUT2D eigenvalue weighted by Gasteiger charge is -2.65. The van der Waals surface area contributed by atoms with Crippen molar-refractivity contribution in [3.8, 4) is 0 Å². The van der Waals surface area contributed by atoms with Crippen molar-refractivity contribution >= 4 is 8.32 Å². The van der Waals surface area contributed by atoms with Gasteiger partial charge in [0.15, 0.2) is 8.32 Å². The summed E-state index contributed by atoms with van der Waals surface area (Å²) in [6.07, 6.45) is 8.00. The molecule has 0 spiro atoms. The topological polar surface area (TPSA) is 38.7 Å². The van der Waals surface area contributed by atoms with Crippen molar-refractivity contribution in [1.29, 1.82) is 0 Å². The van der Waals surface area contributed by atoms with Crippen LogP contribution in [0.1, 0.15) is 80.1 Å². The number of aliphatic hydroxyl groups excluding tert-OH is 1. The lowest BCUT2D eigenvalue weighted by molar-refractivity contribution is -0.188. The summed E-state index contributed by atoms with van der Waals surface area (Å²) in [5.74, 6) is 1.08. The summed E-state index contributed by atoms with van der Waals surface area (Å²) in [7, 11) is -1.83. The number of fused-ring (bicyclic) bond motifs is 5. The Balaban J connectivity index is 1.65. The number of aliphatic hydroxyl groups is 1. The Kier molecular flexibility index (Phi) is 5.62. The van der Waals surface area contributed by atoms with Gasteiger partial charge in [-0.3, -0.25) is 0 Å². The predicted octanol–water partition coefficient (Wildman–Crippen LogP) is 6.88. The molecule has 8 atom stereocenters. The van der Waals surface area contributed by atoms with E-state index in [1.807, 2.05) is 6.08 Å². The van der Waals surface area contributed by atoms with Gasteiger partial charge in [0.2, 0.25) is 0 Å². The van der Waals surface area contributed by atoms with Gasteiger partial charge < -0.3 is 14.3 Å². The molecule has 4 heteroatoms. The number of hydrogen-bond donors (Lipinski definition) is 1. The Hall–Kier alpha value is -0.423. The third-order valence-electron chi connectivity index (χ3n) is 11.2. The zero-order valence-corrected chi connectivity index (χ0v) is 23.0. The second kappa shape index (κ2) is 7.29. The summed E-state index contributed by atoms with van der Waals surface area (Å²) < 4.78 is 13.5. The van der Waals surface area contributed by atoms with Gasteiger partial charge in [0.05, 0.1) is 24.4 Å². The monoisotopic (exact) mass is 460 g/mol. The maximum atomic E-state index is 11.0. The van der Waals surface area contributed by atoms with Gasteiger partial charge in [0.25, 0.3) is 0 Å². The van der Waals surface area contributed by atoms with Crippen LogP contribution >= 0.6 is 0 Å². The molecule has 0 amide bonds. The van der Waals surface area contributed by atoms with Crippen LogP contribution in [0.2, 0.25) is 18.1 Å². The van der Waals surface area contributed by atoms with Crippen LogP contribution in [0.5, 0.6) is 0 Å². The Morgan fingerprint density at radius 3 is 2.34 bits per heavy atom. The molecule has 4 saturated carbocycles. The van der Waals surface area contributed by atoms with Crippen LogP contribution in [0, 0.1) is 28.1 Å². The van der Waals surface area contributed by atoms with E-state index in [0.717, 1.165) is 24.8 Å². The molecule has 4 aliphatic carbocycles. The molecule has 1 N–H and O–H groups in total. The van der Waals surface area contributed by atoms with Crippen LogP contribution < -0.4 is 0 Å². The average Bonchev–Trinajstić information content (AvgIpc) is 3.26. The lowest BCUT2D eigenvalue weighted by atomic mass is 9.42. The van der Waals surface area contributed by atoms with E-state index in [9.17, 15) is 5.11 Å². The van der Waals surface area contributed by atoms with Crippen molar-refractivity contribution in [2.75, 3.05) is 6.61 Å². The Morgan fingerprint density at radius 1 is 1.09 bits per heavy atom. The summed E-state index contributed by atoms with van der Waals surface area (Å²) in [5.41, 5.74) is 1.43. The molecule has 0 radical (unpaired) electrons. The molecule has 182 valence electrons. The minimum Gasteiger partial charge on any atom is -0.411 e. The minimum absolute atomic E-state index is 0.0239. The fourth-order valence-electron chi connectivity index (χ4n) is 8.32. The first-order chi connectivity index (χ1) is 14.6. The highest BCUT2D eigenvalue weighted by Crippen LogP contribution is 2.79. The summed E-state index contributed by atoms with van der Waals surface area (Å²) in [6.45, 7) is 28.0. The molecule has 0 aromatic carbocycles. The van der Waals surface area contributed by atoms with Gasteiger partial charge in [-0.05, 0) is 79.5 Å². The second-order valence-corrected chi connectivity index (χ2v) is 18.7. The zero-order chi connectivity index (χ0) is 24.0. The van der Waals surface area contributed by atoms with Crippen LogP contribution in [0.15, 0.2) is 24.8 Å². The van der Waals surface area contributed by atoms with Crippen LogP contribution in [0.3, 0.4) is 0 Å². The van der Waals surface area contributed by atoms with Gasteiger partial charge in [0.1, 0.15) is 0 Å². The quantitative estimate of drug-likeness (QED) is 0.359. The molecule has 4 rings (SSSR count). The molecule has 0 aromatic heterocycles. The molecule has 32 heavy (non-hydrogen) atoms. The highest BCUT2D eigenvalue weighted by molar-refractivity contribution is 6.74. The minimum atomic E-state index is -1.83. The first-order valence-corrected chi connectivity index (χ1v) is 15.8. The predicted molar refractivity (Wildman–Crippen MR) is 135 cm³/mol. The summed E-state index contributed by atoms with van der Waals surface area (Å²) in [4.78, 5) is 0. The third kappa shape index (κ3) is 3.22. The Bertz CT molecular complexity index is 799. The van der Waals surface area contributed by atoms with E-state index in [4.69, 9.17) is 9.16 Å². The first-order valence-electron chi connectivity index (χ1n) is 12.9. The molecule has 0 aromatic rings. The van der Waals surface area contributed by atoms with E-state index in [0.29, 0.717) is 18.4 Å². The zero-order valence-electron chi connectivity index (χ0n) is 22.0. The highest BCUT2D eigenvalue weighted by Gasteiger charge is 2.77. The SMILES string of the molecule is C=CCO[C@@H]1C(=C)[C@@H](O)C[C@H]2[C@@]1(C)CC[C@@H]1[C@]2(C)CC[C@@]2(O[Si](C)(C)C(C)(C)C)C[C@@]12C. The summed E-state index contributed by atoms with van der Waals surface area (Å²) in [5, 5.41) is 11.3. The fourth-order valence-corrected chi connectivity index (χ4v) is 10.0. The van der Waals surface area contributed by atoms with Crippen LogP contribution in [-0.4, -0.2) is 37.8 Å². The van der Waals surface area contributed by atoms with Crippen LogP contribution in [-0.2, 0) is 9.16 Å².